The average molecular weight is 257 g/mol. The van der Waals surface area contributed by atoms with Gasteiger partial charge >= 0.3 is 0 Å². The average Bonchev–Trinajstić information content (AvgIpc) is 3.20. The standard InChI is InChI=1S/C16H19NO2/c1-12-10-15(8-7-14(12)4-3-9-18)16(19)17(2)11-13-5-6-13/h7-8,10,13,18H,5-6,9,11H2,1-2H3. The summed E-state index contributed by atoms with van der Waals surface area (Å²) in [6.07, 6.45) is 2.48. The molecule has 0 spiro atoms. The number of aliphatic hydroxyl groups is 1. The van der Waals surface area contributed by atoms with Crippen molar-refractivity contribution in [2.45, 2.75) is 19.8 Å². The number of amides is 1. The first-order chi connectivity index (χ1) is 9.11. The van der Waals surface area contributed by atoms with Crippen LogP contribution < -0.4 is 0 Å². The van der Waals surface area contributed by atoms with Gasteiger partial charge in [0, 0.05) is 24.7 Å². The first-order valence-corrected chi connectivity index (χ1v) is 6.57. The summed E-state index contributed by atoms with van der Waals surface area (Å²) in [5.74, 6) is 6.26. The molecule has 1 aromatic carbocycles. The molecule has 0 unspecified atom stereocenters. The van der Waals surface area contributed by atoms with E-state index in [2.05, 4.69) is 11.8 Å². The van der Waals surface area contributed by atoms with Crippen molar-refractivity contribution in [3.8, 4) is 11.8 Å². The molecule has 1 aromatic rings. The third-order valence-corrected chi connectivity index (χ3v) is 3.35. The summed E-state index contributed by atoms with van der Waals surface area (Å²) in [5, 5.41) is 8.69. The predicted octanol–water partition coefficient (Wildman–Crippen LogP) is 1.82. The Labute approximate surface area is 114 Å². The predicted molar refractivity (Wildman–Crippen MR) is 74.8 cm³/mol. The van der Waals surface area contributed by atoms with Gasteiger partial charge in [0.25, 0.3) is 5.91 Å². The number of nitrogens with zero attached hydrogens (tertiary/aromatic N) is 1. The highest BCUT2D eigenvalue weighted by Gasteiger charge is 2.25. The van der Waals surface area contributed by atoms with Crippen LogP contribution in [0.3, 0.4) is 0 Å². The van der Waals surface area contributed by atoms with E-state index in [9.17, 15) is 4.79 Å². The third-order valence-electron chi connectivity index (χ3n) is 3.35. The Balaban J connectivity index is 2.11. The van der Waals surface area contributed by atoms with Crippen LogP contribution in [-0.4, -0.2) is 36.1 Å². The van der Waals surface area contributed by atoms with Gasteiger partial charge < -0.3 is 10.0 Å². The van der Waals surface area contributed by atoms with Crippen molar-refractivity contribution >= 4 is 5.91 Å². The van der Waals surface area contributed by atoms with Crippen molar-refractivity contribution in [2.24, 2.45) is 5.92 Å². The number of carbonyl (C=O) groups excluding carboxylic acids is 1. The molecule has 3 nitrogen and oxygen atoms in total. The van der Waals surface area contributed by atoms with E-state index in [-0.39, 0.29) is 12.5 Å². The summed E-state index contributed by atoms with van der Waals surface area (Å²) in [4.78, 5) is 14.0. The van der Waals surface area contributed by atoms with Gasteiger partial charge in [-0.05, 0) is 49.4 Å². The molecule has 19 heavy (non-hydrogen) atoms. The summed E-state index contributed by atoms with van der Waals surface area (Å²) in [7, 11) is 1.86. The first-order valence-electron chi connectivity index (χ1n) is 6.57. The zero-order chi connectivity index (χ0) is 13.8. The molecule has 1 fully saturated rings. The van der Waals surface area contributed by atoms with Crippen LogP contribution in [0.5, 0.6) is 0 Å². The highest BCUT2D eigenvalue weighted by atomic mass is 16.2. The molecule has 1 aliphatic rings. The van der Waals surface area contributed by atoms with Crippen LogP contribution in [0.4, 0.5) is 0 Å². The second-order valence-electron chi connectivity index (χ2n) is 5.12. The van der Waals surface area contributed by atoms with E-state index in [4.69, 9.17) is 5.11 Å². The molecule has 0 atom stereocenters. The van der Waals surface area contributed by atoms with Gasteiger partial charge in [-0.3, -0.25) is 4.79 Å². The van der Waals surface area contributed by atoms with Crippen molar-refractivity contribution in [1.29, 1.82) is 0 Å². The Hall–Kier alpha value is -1.79. The summed E-state index contributed by atoms with van der Waals surface area (Å²) in [5.41, 5.74) is 2.53. The fourth-order valence-electron chi connectivity index (χ4n) is 2.06. The Morgan fingerprint density at radius 3 is 2.79 bits per heavy atom. The smallest absolute Gasteiger partial charge is 0.253 e. The lowest BCUT2D eigenvalue weighted by Crippen LogP contribution is -2.28. The Bertz CT molecular complexity index is 535. The van der Waals surface area contributed by atoms with Crippen LogP contribution in [0.2, 0.25) is 0 Å². The maximum Gasteiger partial charge on any atom is 0.253 e. The number of hydrogen-bond acceptors (Lipinski definition) is 2. The maximum absolute atomic E-state index is 12.2. The summed E-state index contributed by atoms with van der Waals surface area (Å²) >= 11 is 0. The van der Waals surface area contributed by atoms with Crippen LogP contribution in [0.15, 0.2) is 18.2 Å². The molecule has 1 saturated carbocycles. The number of aliphatic hydroxyl groups excluding tert-OH is 1. The van der Waals surface area contributed by atoms with E-state index in [1.54, 1.807) is 11.0 Å². The van der Waals surface area contributed by atoms with Crippen LogP contribution in [0.1, 0.15) is 34.3 Å². The lowest BCUT2D eigenvalue weighted by Gasteiger charge is -2.17. The molecule has 100 valence electrons. The SMILES string of the molecule is Cc1cc(C(=O)N(C)CC2CC2)ccc1C#CCO. The number of hydrogen-bond donors (Lipinski definition) is 1. The number of aryl methyl sites for hydroxylation is 1. The number of carbonyl (C=O) groups is 1. The molecule has 0 aromatic heterocycles. The van der Waals surface area contributed by atoms with E-state index in [1.165, 1.54) is 12.8 Å². The first kappa shape index (κ1) is 13.6. The molecule has 2 rings (SSSR count). The molecule has 1 amide bonds. The van der Waals surface area contributed by atoms with Crippen molar-refractivity contribution in [3.05, 3.63) is 34.9 Å². The van der Waals surface area contributed by atoms with Crippen molar-refractivity contribution in [1.82, 2.24) is 4.90 Å². The minimum absolute atomic E-state index is 0.0664. The molecular formula is C16H19NO2. The molecule has 0 heterocycles. The van der Waals surface area contributed by atoms with Crippen molar-refractivity contribution in [2.75, 3.05) is 20.2 Å². The molecule has 0 radical (unpaired) electrons. The van der Waals surface area contributed by atoms with E-state index in [1.807, 2.05) is 26.1 Å². The lowest BCUT2D eigenvalue weighted by atomic mass is 10.0. The van der Waals surface area contributed by atoms with Gasteiger partial charge in [-0.15, -0.1) is 0 Å². The van der Waals surface area contributed by atoms with Crippen LogP contribution in [0.25, 0.3) is 0 Å². The topological polar surface area (TPSA) is 40.5 Å². The molecular weight excluding hydrogens is 238 g/mol. The lowest BCUT2D eigenvalue weighted by molar-refractivity contribution is 0.0788. The molecule has 3 heteroatoms. The van der Waals surface area contributed by atoms with Crippen molar-refractivity contribution < 1.29 is 9.90 Å². The second kappa shape index (κ2) is 5.90. The van der Waals surface area contributed by atoms with Crippen LogP contribution >= 0.6 is 0 Å². The zero-order valence-corrected chi connectivity index (χ0v) is 11.4. The molecule has 1 N–H and O–H groups in total. The van der Waals surface area contributed by atoms with Crippen LogP contribution in [0, 0.1) is 24.7 Å². The fourth-order valence-corrected chi connectivity index (χ4v) is 2.06. The van der Waals surface area contributed by atoms with E-state index in [0.717, 1.165) is 17.7 Å². The summed E-state index contributed by atoms with van der Waals surface area (Å²) in [6.45, 7) is 2.63. The van der Waals surface area contributed by atoms with Gasteiger partial charge in [-0.25, -0.2) is 0 Å². The van der Waals surface area contributed by atoms with Crippen LogP contribution in [-0.2, 0) is 0 Å². The molecule has 0 aliphatic heterocycles. The maximum atomic E-state index is 12.2. The minimum atomic E-state index is -0.149. The summed E-state index contributed by atoms with van der Waals surface area (Å²) < 4.78 is 0. The van der Waals surface area contributed by atoms with E-state index in [0.29, 0.717) is 11.5 Å². The zero-order valence-electron chi connectivity index (χ0n) is 11.4. The molecule has 0 bridgehead atoms. The van der Waals surface area contributed by atoms with Gasteiger partial charge in [0.05, 0.1) is 0 Å². The monoisotopic (exact) mass is 257 g/mol. The minimum Gasteiger partial charge on any atom is -0.384 e. The summed E-state index contributed by atoms with van der Waals surface area (Å²) in [6, 6.07) is 5.52. The highest BCUT2D eigenvalue weighted by molar-refractivity contribution is 5.94. The second-order valence-corrected chi connectivity index (χ2v) is 5.12. The number of rotatable bonds is 3. The van der Waals surface area contributed by atoms with Gasteiger partial charge in [0.1, 0.15) is 6.61 Å². The quantitative estimate of drug-likeness (QED) is 0.839. The van der Waals surface area contributed by atoms with E-state index >= 15 is 0 Å². The van der Waals surface area contributed by atoms with Crippen molar-refractivity contribution in [3.63, 3.8) is 0 Å². The Morgan fingerprint density at radius 1 is 1.47 bits per heavy atom. The largest absolute Gasteiger partial charge is 0.384 e. The highest BCUT2D eigenvalue weighted by Crippen LogP contribution is 2.29. The van der Waals surface area contributed by atoms with Gasteiger partial charge in [0.2, 0.25) is 0 Å². The van der Waals surface area contributed by atoms with Gasteiger partial charge in [-0.2, -0.15) is 0 Å². The molecule has 0 saturated heterocycles. The number of benzene rings is 1. The Morgan fingerprint density at radius 2 is 2.21 bits per heavy atom. The normalized spacial score (nSPS) is 13.6. The van der Waals surface area contributed by atoms with Gasteiger partial charge in [-0.1, -0.05) is 11.8 Å². The Kier molecular flexibility index (Phi) is 4.24. The van der Waals surface area contributed by atoms with E-state index < -0.39 is 0 Å². The van der Waals surface area contributed by atoms with Gasteiger partial charge in [0.15, 0.2) is 0 Å². The molecule has 1 aliphatic carbocycles. The third kappa shape index (κ3) is 3.59. The fraction of sp³-hybridized carbons (Fsp3) is 0.438.